The predicted octanol–water partition coefficient (Wildman–Crippen LogP) is 3.59. The second-order valence-electron chi connectivity index (χ2n) is 5.51. The Morgan fingerprint density at radius 1 is 1.24 bits per heavy atom. The number of aromatic nitrogens is 1. The fourth-order valence-electron chi connectivity index (χ4n) is 2.69. The second-order valence-corrected chi connectivity index (χ2v) is 5.51. The summed E-state index contributed by atoms with van der Waals surface area (Å²) in [6.07, 6.45) is 2.20. The molecular formula is C18H17N3O4. The third-order valence-electron chi connectivity index (χ3n) is 3.92. The average Bonchev–Trinajstić information content (AvgIpc) is 3.03. The average molecular weight is 339 g/mol. The van der Waals surface area contributed by atoms with E-state index in [1.165, 1.54) is 19.2 Å². The molecule has 0 radical (unpaired) electrons. The number of methoxy groups -OCH3 is 1. The number of fused-ring (bicyclic) bond motifs is 1. The van der Waals surface area contributed by atoms with E-state index in [2.05, 4.69) is 5.32 Å². The number of anilines is 1. The van der Waals surface area contributed by atoms with Crippen LogP contribution in [-0.4, -0.2) is 22.5 Å². The maximum absolute atomic E-state index is 12.2. The van der Waals surface area contributed by atoms with Crippen molar-refractivity contribution in [3.63, 3.8) is 0 Å². The number of rotatable bonds is 6. The van der Waals surface area contributed by atoms with Crippen molar-refractivity contribution in [1.82, 2.24) is 4.57 Å². The molecule has 1 amide bonds. The van der Waals surface area contributed by atoms with Gasteiger partial charge in [-0.3, -0.25) is 14.9 Å². The first kappa shape index (κ1) is 16.5. The number of nitro benzene ring substituents is 1. The number of carbonyl (C=O) groups is 1. The Kier molecular flexibility index (Phi) is 4.65. The molecule has 0 bridgehead atoms. The zero-order valence-corrected chi connectivity index (χ0v) is 13.6. The SMILES string of the molecule is COc1ccc(NC(=O)CCn2ccc3ccccc32)cc1[N+](=O)[O-]. The quantitative estimate of drug-likeness (QED) is 0.549. The molecule has 0 unspecified atom stereocenters. The van der Waals surface area contributed by atoms with Crippen LogP contribution in [0.4, 0.5) is 11.4 Å². The fraction of sp³-hybridized carbons (Fsp3) is 0.167. The highest BCUT2D eigenvalue weighted by atomic mass is 16.6. The molecule has 1 aromatic heterocycles. The number of hydrogen-bond donors (Lipinski definition) is 1. The Morgan fingerprint density at radius 2 is 2.04 bits per heavy atom. The van der Waals surface area contributed by atoms with Gasteiger partial charge in [0, 0.05) is 36.4 Å². The Labute approximate surface area is 144 Å². The van der Waals surface area contributed by atoms with E-state index >= 15 is 0 Å². The van der Waals surface area contributed by atoms with Crippen LogP contribution in [0, 0.1) is 10.1 Å². The maximum atomic E-state index is 12.2. The lowest BCUT2D eigenvalue weighted by atomic mass is 10.2. The summed E-state index contributed by atoms with van der Waals surface area (Å²) in [5.41, 5.74) is 1.25. The standard InChI is InChI=1S/C18H17N3O4/c1-25-17-7-6-14(12-16(17)21(23)24)19-18(22)9-11-20-10-8-13-4-2-3-5-15(13)20/h2-8,10,12H,9,11H2,1H3,(H,19,22). The second kappa shape index (κ2) is 7.04. The molecule has 128 valence electrons. The van der Waals surface area contributed by atoms with Crippen LogP contribution in [0.3, 0.4) is 0 Å². The van der Waals surface area contributed by atoms with Crippen molar-refractivity contribution < 1.29 is 14.5 Å². The van der Waals surface area contributed by atoms with Crippen molar-refractivity contribution in [2.24, 2.45) is 0 Å². The number of ether oxygens (including phenoxy) is 1. The van der Waals surface area contributed by atoms with E-state index in [-0.39, 0.29) is 23.8 Å². The smallest absolute Gasteiger partial charge is 0.312 e. The van der Waals surface area contributed by atoms with Gasteiger partial charge in [-0.25, -0.2) is 0 Å². The monoisotopic (exact) mass is 339 g/mol. The lowest BCUT2D eigenvalue weighted by Crippen LogP contribution is -2.14. The number of aryl methyl sites for hydroxylation is 1. The summed E-state index contributed by atoms with van der Waals surface area (Å²) in [6.45, 7) is 0.525. The minimum atomic E-state index is -0.541. The first-order valence-electron chi connectivity index (χ1n) is 7.74. The number of nitrogens with one attached hydrogen (secondary N) is 1. The van der Waals surface area contributed by atoms with Gasteiger partial charge in [0.25, 0.3) is 0 Å². The van der Waals surface area contributed by atoms with Gasteiger partial charge >= 0.3 is 5.69 Å². The van der Waals surface area contributed by atoms with Crippen LogP contribution in [0.5, 0.6) is 5.75 Å². The van der Waals surface area contributed by atoms with Crippen LogP contribution in [-0.2, 0) is 11.3 Å². The summed E-state index contributed by atoms with van der Waals surface area (Å²) in [6, 6.07) is 14.3. The van der Waals surface area contributed by atoms with Crippen LogP contribution in [0.1, 0.15) is 6.42 Å². The van der Waals surface area contributed by atoms with Gasteiger partial charge in [0.15, 0.2) is 5.75 Å². The zero-order chi connectivity index (χ0) is 17.8. The molecule has 1 heterocycles. The van der Waals surface area contributed by atoms with Crippen molar-refractivity contribution in [2.75, 3.05) is 12.4 Å². The molecule has 3 aromatic rings. The molecule has 0 aliphatic heterocycles. The molecule has 25 heavy (non-hydrogen) atoms. The molecule has 0 aliphatic rings. The van der Waals surface area contributed by atoms with E-state index in [0.29, 0.717) is 12.2 Å². The van der Waals surface area contributed by atoms with E-state index in [1.54, 1.807) is 6.07 Å². The minimum absolute atomic E-state index is 0.154. The molecule has 0 atom stereocenters. The molecule has 7 heteroatoms. The number of benzene rings is 2. The van der Waals surface area contributed by atoms with Crippen molar-refractivity contribution in [2.45, 2.75) is 13.0 Å². The van der Waals surface area contributed by atoms with Gasteiger partial charge in [-0.15, -0.1) is 0 Å². The molecule has 0 aliphatic carbocycles. The molecule has 0 spiro atoms. The van der Waals surface area contributed by atoms with Gasteiger partial charge in [-0.05, 0) is 29.7 Å². The van der Waals surface area contributed by atoms with Crippen LogP contribution in [0.25, 0.3) is 10.9 Å². The number of hydrogen-bond acceptors (Lipinski definition) is 4. The number of amides is 1. The normalized spacial score (nSPS) is 10.6. The molecule has 1 N–H and O–H groups in total. The van der Waals surface area contributed by atoms with Crippen molar-refractivity contribution in [1.29, 1.82) is 0 Å². The van der Waals surface area contributed by atoms with E-state index in [9.17, 15) is 14.9 Å². The number of nitro groups is 1. The Balaban J connectivity index is 1.66. The third kappa shape index (κ3) is 3.60. The van der Waals surface area contributed by atoms with Gasteiger partial charge in [0.2, 0.25) is 5.91 Å². The van der Waals surface area contributed by atoms with Crippen molar-refractivity contribution in [3.8, 4) is 5.75 Å². The number of carbonyl (C=O) groups excluding carboxylic acids is 1. The zero-order valence-electron chi connectivity index (χ0n) is 13.6. The molecule has 3 rings (SSSR count). The fourth-order valence-corrected chi connectivity index (χ4v) is 2.69. The lowest BCUT2D eigenvalue weighted by Gasteiger charge is -2.08. The molecule has 0 fully saturated rings. The van der Waals surface area contributed by atoms with E-state index in [1.807, 2.05) is 41.1 Å². The van der Waals surface area contributed by atoms with Gasteiger partial charge < -0.3 is 14.6 Å². The Hall–Kier alpha value is -3.35. The summed E-state index contributed by atoms with van der Waals surface area (Å²) in [4.78, 5) is 22.6. The first-order valence-corrected chi connectivity index (χ1v) is 7.74. The highest BCUT2D eigenvalue weighted by Gasteiger charge is 2.16. The highest BCUT2D eigenvalue weighted by molar-refractivity contribution is 5.91. The van der Waals surface area contributed by atoms with E-state index in [4.69, 9.17) is 4.74 Å². The summed E-state index contributed by atoms with van der Waals surface area (Å²) in [7, 11) is 1.36. The van der Waals surface area contributed by atoms with Gasteiger partial charge in [-0.2, -0.15) is 0 Å². The van der Waals surface area contributed by atoms with Crippen molar-refractivity contribution in [3.05, 3.63) is 64.8 Å². The van der Waals surface area contributed by atoms with Crippen LogP contribution in [0.2, 0.25) is 0 Å². The Bertz CT molecular complexity index is 933. The molecular weight excluding hydrogens is 322 g/mol. The Morgan fingerprint density at radius 3 is 2.80 bits per heavy atom. The highest BCUT2D eigenvalue weighted by Crippen LogP contribution is 2.29. The van der Waals surface area contributed by atoms with Crippen molar-refractivity contribution >= 4 is 28.2 Å². The largest absolute Gasteiger partial charge is 0.490 e. The third-order valence-corrected chi connectivity index (χ3v) is 3.92. The van der Waals surface area contributed by atoms with Gasteiger partial charge in [0.05, 0.1) is 12.0 Å². The van der Waals surface area contributed by atoms with Gasteiger partial charge in [-0.1, -0.05) is 18.2 Å². The molecule has 7 nitrogen and oxygen atoms in total. The summed E-state index contributed by atoms with van der Waals surface area (Å²) in [5, 5.41) is 14.8. The van der Waals surface area contributed by atoms with Gasteiger partial charge in [0.1, 0.15) is 0 Å². The van der Waals surface area contributed by atoms with E-state index < -0.39 is 4.92 Å². The lowest BCUT2D eigenvalue weighted by molar-refractivity contribution is -0.385. The first-order chi connectivity index (χ1) is 12.1. The van der Waals surface area contributed by atoms with Crippen LogP contribution >= 0.6 is 0 Å². The number of nitrogens with zero attached hydrogens (tertiary/aromatic N) is 2. The van der Waals surface area contributed by atoms with Crippen LogP contribution in [0.15, 0.2) is 54.7 Å². The molecule has 0 saturated carbocycles. The summed E-state index contributed by atoms with van der Waals surface area (Å²) < 4.78 is 6.95. The summed E-state index contributed by atoms with van der Waals surface area (Å²) >= 11 is 0. The maximum Gasteiger partial charge on any atom is 0.312 e. The topological polar surface area (TPSA) is 86.4 Å². The number of para-hydroxylation sites is 1. The predicted molar refractivity (Wildman–Crippen MR) is 94.8 cm³/mol. The molecule has 0 saturated heterocycles. The van der Waals surface area contributed by atoms with Crippen LogP contribution < -0.4 is 10.1 Å². The van der Waals surface area contributed by atoms with E-state index in [0.717, 1.165) is 10.9 Å². The molecule has 2 aromatic carbocycles. The minimum Gasteiger partial charge on any atom is -0.490 e. The summed E-state index contributed by atoms with van der Waals surface area (Å²) in [5.74, 6) is -0.0564.